The smallest absolute Gasteiger partial charge is 0.310 e. The number of hydrogen-bond acceptors (Lipinski definition) is 3. The average Bonchev–Trinajstić information content (AvgIpc) is 2.94. The third kappa shape index (κ3) is 3.16. The Morgan fingerprint density at radius 1 is 1.18 bits per heavy atom. The number of esters is 1. The maximum absolute atomic E-state index is 13.5. The number of rotatable bonds is 2. The van der Waals surface area contributed by atoms with Crippen molar-refractivity contribution < 1.29 is 31.9 Å². The minimum atomic E-state index is -1.75. The largest absolute Gasteiger partial charge is 0.469 e. The van der Waals surface area contributed by atoms with Gasteiger partial charge in [0.25, 0.3) is 5.91 Å². The van der Waals surface area contributed by atoms with Gasteiger partial charge in [0.2, 0.25) is 0 Å². The number of likely N-dealkylation sites (tertiary alicyclic amines) is 1. The van der Waals surface area contributed by atoms with Crippen LogP contribution >= 0.6 is 12.4 Å². The van der Waals surface area contributed by atoms with E-state index in [-0.39, 0.29) is 38.0 Å². The van der Waals surface area contributed by atoms with Gasteiger partial charge in [0, 0.05) is 19.2 Å². The van der Waals surface area contributed by atoms with Crippen LogP contribution in [-0.2, 0) is 9.53 Å². The van der Waals surface area contributed by atoms with Gasteiger partial charge in [0.1, 0.15) is 5.56 Å². The van der Waals surface area contributed by atoms with Gasteiger partial charge in [-0.3, -0.25) is 9.59 Å². The second-order valence-corrected chi connectivity index (χ2v) is 4.60. The van der Waals surface area contributed by atoms with E-state index in [1.807, 2.05) is 0 Å². The van der Waals surface area contributed by atoms with Crippen LogP contribution in [0.1, 0.15) is 16.8 Å². The summed E-state index contributed by atoms with van der Waals surface area (Å²) in [5, 5.41) is 0. The van der Waals surface area contributed by atoms with Crippen LogP contribution in [0.5, 0.6) is 0 Å². The molecule has 1 aromatic rings. The van der Waals surface area contributed by atoms with Crippen molar-refractivity contribution in [2.24, 2.45) is 5.92 Å². The molecular weight excluding hydrogens is 330 g/mol. The number of hydrogen-bond donors (Lipinski definition) is 0. The Kier molecular flexibility index (Phi) is 5.76. The molecule has 4 nitrogen and oxygen atoms in total. The molecule has 0 aromatic heterocycles. The van der Waals surface area contributed by atoms with E-state index in [1.165, 1.54) is 7.11 Å². The number of amides is 1. The molecule has 1 aliphatic heterocycles. The Bertz CT molecular complexity index is 585. The van der Waals surface area contributed by atoms with E-state index >= 15 is 0 Å². The van der Waals surface area contributed by atoms with E-state index in [0.717, 1.165) is 4.90 Å². The molecule has 1 aliphatic rings. The molecule has 1 saturated heterocycles. The van der Waals surface area contributed by atoms with Gasteiger partial charge in [-0.2, -0.15) is 0 Å². The summed E-state index contributed by atoms with van der Waals surface area (Å²) in [6.07, 6.45) is 0.249. The first kappa shape index (κ1) is 18.2. The fraction of sp³-hybridized carbons (Fsp3) is 0.385. The standard InChI is InChI=1S/C13H11F4NO3.ClH/c1-21-13(20)6-2-3-18(5-6)12(19)9-10(16)7(14)4-8(15)11(9)17;/h4,6H,2-3,5H2,1H3;1H. The first-order chi connectivity index (χ1) is 9.86. The number of halogens is 5. The van der Waals surface area contributed by atoms with E-state index < -0.39 is 46.6 Å². The van der Waals surface area contributed by atoms with Crippen LogP contribution in [0.2, 0.25) is 0 Å². The molecule has 1 heterocycles. The highest BCUT2D eigenvalue weighted by atomic mass is 35.5. The van der Waals surface area contributed by atoms with Gasteiger partial charge in [-0.1, -0.05) is 0 Å². The molecule has 9 heteroatoms. The SMILES string of the molecule is COC(=O)C1CCN(C(=O)c2c(F)c(F)cc(F)c2F)C1.Cl. The summed E-state index contributed by atoms with van der Waals surface area (Å²) in [5.41, 5.74) is -1.29. The summed E-state index contributed by atoms with van der Waals surface area (Å²) in [5.74, 6) is -9.18. The Balaban J connectivity index is 0.00000242. The van der Waals surface area contributed by atoms with Crippen LogP contribution in [0.25, 0.3) is 0 Å². The number of benzene rings is 1. The van der Waals surface area contributed by atoms with Crippen molar-refractivity contribution in [3.05, 3.63) is 34.9 Å². The van der Waals surface area contributed by atoms with E-state index in [2.05, 4.69) is 4.74 Å². The van der Waals surface area contributed by atoms with Gasteiger partial charge in [-0.25, -0.2) is 17.6 Å². The summed E-state index contributed by atoms with van der Waals surface area (Å²) < 4.78 is 57.8. The summed E-state index contributed by atoms with van der Waals surface area (Å²) in [7, 11) is 1.17. The number of carbonyl (C=O) groups is 2. The monoisotopic (exact) mass is 341 g/mol. The normalized spacial score (nSPS) is 17.1. The highest BCUT2D eigenvalue weighted by molar-refractivity contribution is 5.95. The molecule has 0 bridgehead atoms. The minimum Gasteiger partial charge on any atom is -0.469 e. The van der Waals surface area contributed by atoms with Gasteiger partial charge in [-0.05, 0) is 6.42 Å². The molecule has 1 unspecified atom stereocenters. The molecule has 22 heavy (non-hydrogen) atoms. The third-order valence-electron chi connectivity index (χ3n) is 3.34. The summed E-state index contributed by atoms with van der Waals surface area (Å²) in [4.78, 5) is 24.3. The number of carbonyl (C=O) groups excluding carboxylic acids is 2. The zero-order chi connectivity index (χ0) is 15.7. The van der Waals surface area contributed by atoms with Gasteiger partial charge < -0.3 is 9.64 Å². The molecule has 1 atom stereocenters. The molecule has 0 saturated carbocycles. The van der Waals surface area contributed by atoms with E-state index in [9.17, 15) is 27.2 Å². The van der Waals surface area contributed by atoms with Crippen LogP contribution in [0.3, 0.4) is 0 Å². The predicted molar refractivity (Wildman–Crippen MR) is 69.5 cm³/mol. The van der Waals surface area contributed by atoms with Crippen molar-refractivity contribution >= 4 is 24.3 Å². The topological polar surface area (TPSA) is 46.6 Å². The highest BCUT2D eigenvalue weighted by Crippen LogP contribution is 2.24. The molecule has 1 fully saturated rings. The number of nitrogens with zero attached hydrogens (tertiary/aromatic N) is 1. The molecule has 122 valence electrons. The summed E-state index contributed by atoms with van der Waals surface area (Å²) >= 11 is 0. The Labute approximate surface area is 129 Å². The van der Waals surface area contributed by atoms with E-state index in [0.29, 0.717) is 0 Å². The Hall–Kier alpha value is -1.83. The third-order valence-corrected chi connectivity index (χ3v) is 3.34. The van der Waals surface area contributed by atoms with Crippen molar-refractivity contribution in [1.82, 2.24) is 4.90 Å². The van der Waals surface area contributed by atoms with Crippen molar-refractivity contribution in [3.63, 3.8) is 0 Å². The molecule has 0 spiro atoms. The van der Waals surface area contributed by atoms with Crippen LogP contribution < -0.4 is 0 Å². The van der Waals surface area contributed by atoms with Crippen molar-refractivity contribution in [3.8, 4) is 0 Å². The second-order valence-electron chi connectivity index (χ2n) is 4.60. The zero-order valence-corrected chi connectivity index (χ0v) is 12.2. The van der Waals surface area contributed by atoms with Gasteiger partial charge in [0.15, 0.2) is 23.3 Å². The van der Waals surface area contributed by atoms with Crippen molar-refractivity contribution in [2.45, 2.75) is 6.42 Å². The fourth-order valence-electron chi connectivity index (χ4n) is 2.22. The lowest BCUT2D eigenvalue weighted by molar-refractivity contribution is -0.144. The van der Waals surface area contributed by atoms with Crippen molar-refractivity contribution in [1.29, 1.82) is 0 Å². The van der Waals surface area contributed by atoms with Crippen LogP contribution in [0, 0.1) is 29.2 Å². The van der Waals surface area contributed by atoms with Crippen LogP contribution in [-0.4, -0.2) is 37.0 Å². The van der Waals surface area contributed by atoms with E-state index in [1.54, 1.807) is 0 Å². The summed E-state index contributed by atoms with van der Waals surface area (Å²) in [6, 6.07) is 0.0304. The van der Waals surface area contributed by atoms with Crippen LogP contribution in [0.4, 0.5) is 17.6 Å². The number of ether oxygens (including phenoxy) is 1. The predicted octanol–water partition coefficient (Wildman–Crippen LogP) is 2.30. The average molecular weight is 342 g/mol. The fourth-order valence-corrected chi connectivity index (χ4v) is 2.22. The first-order valence-corrected chi connectivity index (χ1v) is 6.07. The molecule has 1 aromatic carbocycles. The molecule has 0 aliphatic carbocycles. The van der Waals surface area contributed by atoms with Crippen molar-refractivity contribution in [2.75, 3.05) is 20.2 Å². The van der Waals surface area contributed by atoms with Crippen LogP contribution in [0.15, 0.2) is 6.07 Å². The second kappa shape index (κ2) is 6.95. The Morgan fingerprint density at radius 3 is 2.23 bits per heavy atom. The highest BCUT2D eigenvalue weighted by Gasteiger charge is 2.35. The van der Waals surface area contributed by atoms with Gasteiger partial charge >= 0.3 is 5.97 Å². The maximum atomic E-state index is 13.5. The minimum absolute atomic E-state index is 0. The zero-order valence-electron chi connectivity index (χ0n) is 11.4. The quantitative estimate of drug-likeness (QED) is 0.471. The molecule has 0 N–H and O–H groups in total. The summed E-state index contributed by atoms with van der Waals surface area (Å²) in [6.45, 7) is -0.0852. The van der Waals surface area contributed by atoms with Gasteiger partial charge in [-0.15, -0.1) is 12.4 Å². The molecule has 0 radical (unpaired) electrons. The lowest BCUT2D eigenvalue weighted by atomic mass is 10.1. The van der Waals surface area contributed by atoms with Gasteiger partial charge in [0.05, 0.1) is 13.0 Å². The lowest BCUT2D eigenvalue weighted by Gasteiger charge is -2.17. The number of methoxy groups -OCH3 is 1. The molecule has 1 amide bonds. The molecular formula is C13H12ClF4NO3. The lowest BCUT2D eigenvalue weighted by Crippen LogP contribution is -2.32. The van der Waals surface area contributed by atoms with E-state index in [4.69, 9.17) is 0 Å². The molecule has 2 rings (SSSR count). The maximum Gasteiger partial charge on any atom is 0.310 e. The Morgan fingerprint density at radius 2 is 1.73 bits per heavy atom. The first-order valence-electron chi connectivity index (χ1n) is 6.07.